The lowest BCUT2D eigenvalue weighted by Crippen LogP contribution is -2.35. The number of sulfonamides is 2. The molecule has 0 unspecified atom stereocenters. The van der Waals surface area contributed by atoms with Gasteiger partial charge < -0.3 is 15.6 Å². The molecule has 1 aromatic carbocycles. The van der Waals surface area contributed by atoms with E-state index in [2.05, 4.69) is 25.0 Å². The van der Waals surface area contributed by atoms with E-state index >= 15 is 0 Å². The Morgan fingerprint density at radius 2 is 1.92 bits per heavy atom. The third-order valence-electron chi connectivity index (χ3n) is 5.12. The summed E-state index contributed by atoms with van der Waals surface area (Å²) in [7, 11) is -8.21. The summed E-state index contributed by atoms with van der Waals surface area (Å²) in [6, 6.07) is 6.48. The minimum Gasteiger partial charge on any atom is -0.342 e. The van der Waals surface area contributed by atoms with Crippen molar-refractivity contribution in [1.29, 1.82) is 0 Å². The van der Waals surface area contributed by atoms with E-state index < -0.39 is 37.3 Å². The number of halogens is 1. The molecule has 2 amide bonds. The highest BCUT2D eigenvalue weighted by atomic mass is 35.5. The molecule has 4 heterocycles. The zero-order valence-electron chi connectivity index (χ0n) is 18.8. The van der Waals surface area contributed by atoms with E-state index in [0.29, 0.717) is 4.57 Å². The summed E-state index contributed by atoms with van der Waals surface area (Å²) in [6.07, 6.45) is 1.10. The summed E-state index contributed by atoms with van der Waals surface area (Å²) in [5.41, 5.74) is -1.39. The second-order valence-corrected chi connectivity index (χ2v) is 13.0. The molecule has 0 spiro atoms. The van der Waals surface area contributed by atoms with Crippen molar-refractivity contribution in [2.45, 2.75) is 16.0 Å². The zero-order chi connectivity index (χ0) is 27.4. The van der Waals surface area contributed by atoms with Crippen molar-refractivity contribution in [1.82, 2.24) is 19.3 Å². The number of carbonyl (C=O) groups excluding carboxylic acids is 1. The molecule has 3 aromatic heterocycles. The van der Waals surface area contributed by atoms with Crippen LogP contribution in [0.3, 0.4) is 0 Å². The Bertz CT molecular complexity index is 2010. The number of rotatable bonds is 4. The second kappa shape index (κ2) is 9.05. The van der Waals surface area contributed by atoms with Gasteiger partial charge in [0, 0.05) is 0 Å². The van der Waals surface area contributed by atoms with E-state index in [1.54, 1.807) is 0 Å². The van der Waals surface area contributed by atoms with Gasteiger partial charge in [-0.25, -0.2) is 32.3 Å². The van der Waals surface area contributed by atoms with Crippen LogP contribution in [0, 0.1) is 0 Å². The first-order valence-corrected chi connectivity index (χ1v) is 14.4. The van der Waals surface area contributed by atoms with Gasteiger partial charge in [-0.15, -0.1) is 15.7 Å². The summed E-state index contributed by atoms with van der Waals surface area (Å²) in [5, 5.41) is 4.96. The molecule has 196 valence electrons. The average Bonchev–Trinajstić information content (AvgIpc) is 3.26. The van der Waals surface area contributed by atoms with Gasteiger partial charge in [-0.3, -0.25) is 4.79 Å². The van der Waals surface area contributed by atoms with Crippen molar-refractivity contribution in [2.75, 3.05) is 10.6 Å². The largest absolute Gasteiger partial charge is 0.342 e. The van der Waals surface area contributed by atoms with Gasteiger partial charge in [0.15, 0.2) is 0 Å². The van der Waals surface area contributed by atoms with Crippen molar-refractivity contribution in [3.05, 3.63) is 67.8 Å². The van der Waals surface area contributed by atoms with E-state index in [4.69, 9.17) is 11.6 Å². The molecular formula is C20H14ClN7O7S3. The minimum absolute atomic E-state index is 0.0513. The van der Waals surface area contributed by atoms with E-state index in [-0.39, 0.29) is 47.4 Å². The second-order valence-electron chi connectivity index (χ2n) is 7.76. The lowest BCUT2D eigenvalue weighted by Gasteiger charge is -2.17. The number of urea groups is 1. The number of fused-ring (bicyclic) bond motifs is 2. The molecule has 0 saturated heterocycles. The summed E-state index contributed by atoms with van der Waals surface area (Å²) in [4.78, 5) is 44.3. The van der Waals surface area contributed by atoms with E-state index in [9.17, 15) is 31.2 Å². The molecule has 4 N–H and O–H groups in total. The van der Waals surface area contributed by atoms with Crippen molar-refractivity contribution >= 4 is 77.1 Å². The van der Waals surface area contributed by atoms with Crippen LogP contribution in [0.25, 0.3) is 16.7 Å². The van der Waals surface area contributed by atoms with E-state index in [1.807, 2.05) is 4.72 Å². The molecule has 18 heteroatoms. The first-order valence-electron chi connectivity index (χ1n) is 10.3. The Hall–Kier alpha value is -4.06. The standard InChI is InChI=1S/C20H14ClN7O7S3/c1-9-23-13-7-12-11(6-14(13)37(32,33)26-9)18(29)28(20(31)25-12)16-4-2-10(8-22-16)24-19(30)27-38(34,35)17-5-3-15(21)36-17/h2-8H,1H3,(H,23,26)(H,25,31)(H2,24,27,30). The maximum absolute atomic E-state index is 13.2. The predicted octanol–water partition coefficient (Wildman–Crippen LogP) is 1.83. The number of hydrogen-bond acceptors (Lipinski definition) is 10. The summed E-state index contributed by atoms with van der Waals surface area (Å²) in [6.45, 7) is 1.46. The number of carbonyl (C=O) groups is 1. The van der Waals surface area contributed by atoms with Crippen LogP contribution >= 0.6 is 22.9 Å². The topological polar surface area (TPSA) is 202 Å². The van der Waals surface area contributed by atoms with Crippen LogP contribution in [0.2, 0.25) is 4.34 Å². The predicted molar refractivity (Wildman–Crippen MR) is 141 cm³/mol. The van der Waals surface area contributed by atoms with Gasteiger partial charge in [0.2, 0.25) is 0 Å². The normalized spacial score (nSPS) is 14.3. The number of nitrogens with zero attached hydrogens (tertiary/aromatic N) is 3. The molecular weight excluding hydrogens is 582 g/mol. The fourth-order valence-electron chi connectivity index (χ4n) is 3.57. The number of hydrogen-bond donors (Lipinski definition) is 4. The number of amidine groups is 1. The van der Waals surface area contributed by atoms with Crippen molar-refractivity contribution < 1.29 is 21.6 Å². The lowest BCUT2D eigenvalue weighted by molar-refractivity contribution is 0.256. The highest BCUT2D eigenvalue weighted by Crippen LogP contribution is 2.30. The number of thiophene rings is 1. The average molecular weight is 596 g/mol. The van der Waals surface area contributed by atoms with Gasteiger partial charge in [-0.1, -0.05) is 11.6 Å². The van der Waals surface area contributed by atoms with Gasteiger partial charge in [0.25, 0.3) is 25.6 Å². The molecule has 1 aliphatic heterocycles. The maximum atomic E-state index is 13.2. The van der Waals surface area contributed by atoms with Gasteiger partial charge in [0.05, 0.1) is 32.8 Å². The van der Waals surface area contributed by atoms with Gasteiger partial charge in [-0.2, -0.15) is 8.42 Å². The highest BCUT2D eigenvalue weighted by Gasteiger charge is 2.25. The lowest BCUT2D eigenvalue weighted by atomic mass is 10.2. The van der Waals surface area contributed by atoms with E-state index in [1.165, 1.54) is 37.3 Å². The number of aromatic amines is 1. The number of anilines is 2. The molecule has 0 aliphatic carbocycles. The fraction of sp³-hybridized carbons (Fsp3) is 0.0500. The molecule has 0 saturated carbocycles. The van der Waals surface area contributed by atoms with Gasteiger partial charge >= 0.3 is 11.7 Å². The number of benzene rings is 1. The first-order chi connectivity index (χ1) is 17.8. The molecule has 38 heavy (non-hydrogen) atoms. The van der Waals surface area contributed by atoms with Crippen LogP contribution in [0.5, 0.6) is 0 Å². The Morgan fingerprint density at radius 3 is 2.58 bits per heavy atom. The fourth-order valence-corrected chi connectivity index (χ4v) is 7.12. The van der Waals surface area contributed by atoms with Gasteiger partial charge in [-0.05, 0) is 43.3 Å². The van der Waals surface area contributed by atoms with E-state index in [0.717, 1.165) is 23.6 Å². The minimum atomic E-state index is -4.15. The molecule has 0 fully saturated rings. The van der Waals surface area contributed by atoms with Crippen LogP contribution in [-0.4, -0.2) is 43.2 Å². The SMILES string of the molecule is CC1=NS(=O)(=O)c2cc3c(=O)n(-c4ccc(NC(=O)NS(=O)(=O)c5ccc(Cl)s5)cn4)c(=O)[nH]c3cc2N1. The maximum Gasteiger partial charge on any atom is 0.334 e. The summed E-state index contributed by atoms with van der Waals surface area (Å²) >= 11 is 6.50. The Kier molecular flexibility index (Phi) is 6.09. The molecule has 1 aliphatic rings. The van der Waals surface area contributed by atoms with Crippen LogP contribution in [0.15, 0.2) is 65.7 Å². The summed E-state index contributed by atoms with van der Waals surface area (Å²) in [5.74, 6) is -0.00911. The van der Waals surface area contributed by atoms with Crippen LogP contribution < -0.4 is 26.6 Å². The van der Waals surface area contributed by atoms with Crippen molar-refractivity contribution in [3.63, 3.8) is 0 Å². The molecule has 0 bridgehead atoms. The van der Waals surface area contributed by atoms with Gasteiger partial charge in [0.1, 0.15) is 20.8 Å². The number of amides is 2. The Morgan fingerprint density at radius 1 is 1.16 bits per heavy atom. The third kappa shape index (κ3) is 4.67. The number of nitrogens with one attached hydrogen (secondary N) is 4. The smallest absolute Gasteiger partial charge is 0.334 e. The Balaban J connectivity index is 1.44. The van der Waals surface area contributed by atoms with Crippen molar-refractivity contribution in [2.24, 2.45) is 4.40 Å². The van der Waals surface area contributed by atoms with Crippen LogP contribution in [0.4, 0.5) is 16.2 Å². The number of pyridine rings is 1. The highest BCUT2D eigenvalue weighted by molar-refractivity contribution is 7.92. The molecule has 0 radical (unpaired) electrons. The molecule has 5 rings (SSSR count). The molecule has 4 aromatic rings. The van der Waals surface area contributed by atoms with Crippen LogP contribution in [0.1, 0.15) is 6.92 Å². The number of H-pyrrole nitrogens is 1. The molecule has 0 atom stereocenters. The van der Waals surface area contributed by atoms with Crippen LogP contribution in [-0.2, 0) is 20.0 Å². The zero-order valence-corrected chi connectivity index (χ0v) is 22.0. The summed E-state index contributed by atoms with van der Waals surface area (Å²) < 4.78 is 55.5. The quantitative estimate of drug-likeness (QED) is 0.271. The first kappa shape index (κ1) is 25.6. The third-order valence-corrected chi connectivity index (χ3v) is 9.59. The molecule has 14 nitrogen and oxygen atoms in total. The van der Waals surface area contributed by atoms with Crippen molar-refractivity contribution in [3.8, 4) is 5.82 Å². The number of aromatic nitrogens is 3. The monoisotopic (exact) mass is 595 g/mol. The Labute approximate surface area is 222 Å².